The molecule has 0 unspecified atom stereocenters. The number of carbonyl (C=O) groups excluding carboxylic acids is 1. The fourth-order valence-corrected chi connectivity index (χ4v) is 3.72. The molecule has 0 atom stereocenters. The quantitative estimate of drug-likeness (QED) is 0.451. The van der Waals surface area contributed by atoms with E-state index in [2.05, 4.69) is 31.4 Å². The molecule has 8 nitrogen and oxygen atoms in total. The van der Waals surface area contributed by atoms with Crippen LogP contribution in [0.2, 0.25) is 0 Å². The van der Waals surface area contributed by atoms with Gasteiger partial charge in [-0.15, -0.1) is 0 Å². The number of anilines is 1. The number of nitrogens with zero attached hydrogens (tertiary/aromatic N) is 6. The zero-order chi connectivity index (χ0) is 23.1. The Morgan fingerprint density at radius 1 is 0.939 bits per heavy atom. The van der Waals surface area contributed by atoms with Gasteiger partial charge in [-0.25, -0.2) is 15.0 Å². The Kier molecular flexibility index (Phi) is 4.79. The molecular formula is C25H19N7O. The number of nitrogens with one attached hydrogen (secondary N) is 1. The first-order valence-electron chi connectivity index (χ1n) is 10.4. The van der Waals surface area contributed by atoms with Crippen LogP contribution in [-0.2, 0) is 0 Å². The Morgan fingerprint density at radius 2 is 1.70 bits per heavy atom. The van der Waals surface area contributed by atoms with Crippen LogP contribution >= 0.6 is 0 Å². The maximum Gasteiger partial charge on any atom is 0.256 e. The van der Waals surface area contributed by atoms with E-state index in [1.165, 1.54) is 10.9 Å². The van der Waals surface area contributed by atoms with Gasteiger partial charge in [-0.2, -0.15) is 15.0 Å². The highest BCUT2D eigenvalue weighted by molar-refractivity contribution is 6.06. The molecule has 5 aromatic rings. The summed E-state index contributed by atoms with van der Waals surface area (Å²) in [5.74, 6) is 0.391. The standard InChI is InChI=1S/C25H19N7O/c1-14-10-23(30-20-7-5-4-6-19(14)20)32-24(18(12-26)13-27-32)31-25(33)17-8-9-21-22(11-17)29-16(3)15(2)28-21/h4-11,13H,1-3H3,(H,31,33). The molecule has 0 spiro atoms. The van der Waals surface area contributed by atoms with Crippen LogP contribution in [0.1, 0.15) is 32.9 Å². The fraction of sp³-hybridized carbons (Fsp3) is 0.120. The predicted octanol–water partition coefficient (Wildman–Crippen LogP) is 4.41. The SMILES string of the molecule is Cc1nc2ccc(C(=O)Nc3c(C#N)cnn3-c3cc(C)c4ccccc4n3)cc2nc1C. The number of hydrogen-bond acceptors (Lipinski definition) is 6. The molecule has 0 aliphatic rings. The maximum atomic E-state index is 13.1. The van der Waals surface area contributed by atoms with Crippen molar-refractivity contribution in [3.8, 4) is 11.9 Å². The van der Waals surface area contributed by atoms with Crippen molar-refractivity contribution in [2.24, 2.45) is 0 Å². The first-order chi connectivity index (χ1) is 15.9. The lowest BCUT2D eigenvalue weighted by atomic mass is 10.1. The maximum absolute atomic E-state index is 13.1. The van der Waals surface area contributed by atoms with Crippen molar-refractivity contribution in [3.63, 3.8) is 0 Å². The third-order valence-corrected chi connectivity index (χ3v) is 5.59. The number of amides is 1. The minimum Gasteiger partial charge on any atom is -0.305 e. The summed E-state index contributed by atoms with van der Waals surface area (Å²) >= 11 is 0. The molecule has 0 radical (unpaired) electrons. The van der Waals surface area contributed by atoms with Gasteiger partial charge in [-0.1, -0.05) is 18.2 Å². The van der Waals surface area contributed by atoms with Crippen LogP contribution in [0.25, 0.3) is 27.8 Å². The normalized spacial score (nSPS) is 11.0. The summed E-state index contributed by atoms with van der Waals surface area (Å²) in [5.41, 5.74) is 5.46. The Bertz CT molecular complexity index is 1610. The summed E-state index contributed by atoms with van der Waals surface area (Å²) < 4.78 is 1.48. The van der Waals surface area contributed by atoms with Gasteiger partial charge in [0.15, 0.2) is 11.6 Å². The van der Waals surface area contributed by atoms with Gasteiger partial charge >= 0.3 is 0 Å². The van der Waals surface area contributed by atoms with E-state index in [4.69, 9.17) is 0 Å². The van der Waals surface area contributed by atoms with Crippen LogP contribution in [0.4, 0.5) is 5.82 Å². The number of aryl methyl sites for hydroxylation is 3. The highest BCUT2D eigenvalue weighted by Crippen LogP contribution is 2.24. The number of aromatic nitrogens is 5. The first kappa shape index (κ1) is 20.3. The Hall–Kier alpha value is -4.64. The molecule has 0 aliphatic carbocycles. The number of pyridine rings is 1. The summed E-state index contributed by atoms with van der Waals surface area (Å²) in [7, 11) is 0. The number of fused-ring (bicyclic) bond motifs is 2. The second-order valence-electron chi connectivity index (χ2n) is 7.80. The molecule has 3 heterocycles. The molecule has 5 rings (SSSR count). The molecule has 160 valence electrons. The van der Waals surface area contributed by atoms with Crippen molar-refractivity contribution >= 4 is 33.7 Å². The molecule has 0 aliphatic heterocycles. The minimum absolute atomic E-state index is 0.239. The van der Waals surface area contributed by atoms with Crippen molar-refractivity contribution in [2.75, 3.05) is 5.32 Å². The summed E-state index contributed by atoms with van der Waals surface area (Å²) in [5, 5.41) is 17.8. The van der Waals surface area contributed by atoms with Gasteiger partial charge in [-0.05, 0) is 56.7 Å². The lowest BCUT2D eigenvalue weighted by Gasteiger charge is -2.11. The second kappa shape index (κ2) is 7.80. The zero-order valence-electron chi connectivity index (χ0n) is 18.3. The van der Waals surface area contributed by atoms with Gasteiger partial charge in [0.05, 0.1) is 34.1 Å². The first-order valence-corrected chi connectivity index (χ1v) is 10.4. The van der Waals surface area contributed by atoms with Crippen LogP contribution in [0.3, 0.4) is 0 Å². The van der Waals surface area contributed by atoms with E-state index >= 15 is 0 Å². The molecule has 0 saturated heterocycles. The van der Waals surface area contributed by atoms with Gasteiger partial charge in [-0.3, -0.25) is 4.79 Å². The number of para-hydroxylation sites is 1. The lowest BCUT2D eigenvalue weighted by molar-refractivity contribution is 0.102. The largest absolute Gasteiger partial charge is 0.305 e. The average Bonchev–Trinajstić information content (AvgIpc) is 3.22. The minimum atomic E-state index is -0.382. The van der Waals surface area contributed by atoms with E-state index in [0.717, 1.165) is 27.9 Å². The molecule has 33 heavy (non-hydrogen) atoms. The number of nitriles is 1. The van der Waals surface area contributed by atoms with Crippen LogP contribution in [0.5, 0.6) is 0 Å². The number of rotatable bonds is 3. The fourth-order valence-electron chi connectivity index (χ4n) is 3.72. The summed E-state index contributed by atoms with van der Waals surface area (Å²) in [6.45, 7) is 5.76. The monoisotopic (exact) mass is 433 g/mol. The molecule has 2 aromatic carbocycles. The Balaban J connectivity index is 1.55. The van der Waals surface area contributed by atoms with Gasteiger partial charge in [0.1, 0.15) is 11.6 Å². The van der Waals surface area contributed by atoms with Gasteiger partial charge in [0.25, 0.3) is 5.91 Å². The van der Waals surface area contributed by atoms with E-state index < -0.39 is 0 Å². The average molecular weight is 433 g/mol. The number of benzene rings is 2. The van der Waals surface area contributed by atoms with E-state index in [-0.39, 0.29) is 17.3 Å². The van der Waals surface area contributed by atoms with E-state index in [1.807, 2.05) is 51.1 Å². The van der Waals surface area contributed by atoms with Gasteiger partial charge in [0.2, 0.25) is 0 Å². The van der Waals surface area contributed by atoms with Crippen LogP contribution in [0.15, 0.2) is 54.7 Å². The third-order valence-electron chi connectivity index (χ3n) is 5.59. The van der Waals surface area contributed by atoms with E-state index in [1.54, 1.807) is 18.2 Å². The lowest BCUT2D eigenvalue weighted by Crippen LogP contribution is -2.16. The predicted molar refractivity (Wildman–Crippen MR) is 125 cm³/mol. The number of carbonyl (C=O) groups is 1. The van der Waals surface area contributed by atoms with Crippen LogP contribution < -0.4 is 5.32 Å². The molecule has 0 bridgehead atoms. The van der Waals surface area contributed by atoms with Crippen LogP contribution in [0, 0.1) is 32.1 Å². The Labute approximate surface area is 189 Å². The summed E-state index contributed by atoms with van der Waals surface area (Å²) in [6.07, 6.45) is 1.42. The molecule has 0 saturated carbocycles. The highest BCUT2D eigenvalue weighted by Gasteiger charge is 2.18. The zero-order valence-corrected chi connectivity index (χ0v) is 18.3. The van der Waals surface area contributed by atoms with E-state index in [9.17, 15) is 10.1 Å². The second-order valence-corrected chi connectivity index (χ2v) is 7.80. The molecular weight excluding hydrogens is 414 g/mol. The molecule has 0 fully saturated rings. The van der Waals surface area contributed by atoms with Crippen molar-refractivity contribution in [1.82, 2.24) is 24.7 Å². The third kappa shape index (κ3) is 3.55. The van der Waals surface area contributed by atoms with Crippen LogP contribution in [-0.4, -0.2) is 30.6 Å². The number of hydrogen-bond donors (Lipinski definition) is 1. The van der Waals surface area contributed by atoms with Crippen molar-refractivity contribution in [2.45, 2.75) is 20.8 Å². The highest BCUT2D eigenvalue weighted by atomic mass is 16.1. The van der Waals surface area contributed by atoms with Gasteiger partial charge < -0.3 is 5.32 Å². The summed E-state index contributed by atoms with van der Waals surface area (Å²) in [6, 6.07) is 16.9. The molecule has 1 N–H and O–H groups in total. The molecule has 3 aromatic heterocycles. The van der Waals surface area contributed by atoms with Crippen molar-refractivity contribution in [3.05, 3.63) is 82.8 Å². The smallest absolute Gasteiger partial charge is 0.256 e. The van der Waals surface area contributed by atoms with Crippen molar-refractivity contribution in [1.29, 1.82) is 5.26 Å². The summed E-state index contributed by atoms with van der Waals surface area (Å²) in [4.78, 5) is 26.8. The van der Waals surface area contributed by atoms with E-state index in [0.29, 0.717) is 22.4 Å². The molecule has 1 amide bonds. The Morgan fingerprint density at radius 3 is 2.48 bits per heavy atom. The van der Waals surface area contributed by atoms with Crippen molar-refractivity contribution < 1.29 is 4.79 Å². The van der Waals surface area contributed by atoms with Gasteiger partial charge in [0, 0.05) is 10.9 Å². The molecule has 8 heteroatoms. The topological polar surface area (TPSA) is 109 Å².